The third kappa shape index (κ3) is 3.17. The van der Waals surface area contributed by atoms with E-state index >= 15 is 0 Å². The van der Waals surface area contributed by atoms with Crippen LogP contribution in [-0.2, 0) is 4.79 Å². The molecule has 1 aromatic carbocycles. The van der Waals surface area contributed by atoms with Gasteiger partial charge >= 0.3 is 0 Å². The van der Waals surface area contributed by atoms with Gasteiger partial charge in [0, 0.05) is 23.3 Å². The molecule has 25 heavy (non-hydrogen) atoms. The smallest absolute Gasteiger partial charge is 0.259 e. The topological polar surface area (TPSA) is 93.6 Å². The highest BCUT2D eigenvalue weighted by Crippen LogP contribution is 2.34. The van der Waals surface area contributed by atoms with Crippen LogP contribution < -0.4 is 14.8 Å². The summed E-state index contributed by atoms with van der Waals surface area (Å²) in [5.74, 6) is 0.548. The number of thiazole rings is 1. The van der Waals surface area contributed by atoms with E-state index < -0.39 is 12.0 Å². The van der Waals surface area contributed by atoms with Crippen LogP contribution >= 0.6 is 11.3 Å². The van der Waals surface area contributed by atoms with Gasteiger partial charge in [0.25, 0.3) is 5.91 Å². The van der Waals surface area contributed by atoms with Gasteiger partial charge in [0.15, 0.2) is 22.7 Å². The first-order chi connectivity index (χ1) is 12.2. The molecule has 0 spiro atoms. The van der Waals surface area contributed by atoms with Crippen molar-refractivity contribution in [1.82, 2.24) is 9.97 Å². The highest BCUT2D eigenvalue weighted by atomic mass is 32.1. The zero-order valence-corrected chi connectivity index (χ0v) is 13.7. The van der Waals surface area contributed by atoms with Crippen LogP contribution in [0.2, 0.25) is 0 Å². The van der Waals surface area contributed by atoms with E-state index in [0.29, 0.717) is 22.2 Å². The molecule has 3 heterocycles. The van der Waals surface area contributed by atoms with Crippen molar-refractivity contribution in [2.75, 3.05) is 12.1 Å². The third-order valence-electron chi connectivity index (χ3n) is 3.67. The van der Waals surface area contributed by atoms with Crippen molar-refractivity contribution in [2.45, 2.75) is 6.10 Å². The maximum atomic E-state index is 12.3. The minimum Gasteiger partial charge on any atom is -0.454 e. The number of rotatable bonds is 4. The Labute approximate surface area is 146 Å². The average Bonchev–Trinajstić information content (AvgIpc) is 3.30. The van der Waals surface area contributed by atoms with Crippen molar-refractivity contribution in [2.24, 2.45) is 0 Å². The van der Waals surface area contributed by atoms with Gasteiger partial charge in [-0.1, -0.05) is 6.07 Å². The lowest BCUT2D eigenvalue weighted by molar-refractivity contribution is -0.124. The number of benzene rings is 1. The number of carbonyl (C=O) groups excluding carboxylic acids is 1. The van der Waals surface area contributed by atoms with Crippen LogP contribution in [0.1, 0.15) is 11.7 Å². The first kappa shape index (κ1) is 15.6. The fourth-order valence-corrected chi connectivity index (χ4v) is 3.12. The van der Waals surface area contributed by atoms with Gasteiger partial charge in [-0.25, -0.2) is 4.98 Å². The standard InChI is InChI=1S/C17H13N3O4S/c21-15(11-1-2-13-14(7-11)24-9-23-13)16(22)20-17-19-12(8-25-17)10-3-5-18-6-4-10/h1-8,15,21H,9H2,(H,19,20,22). The monoisotopic (exact) mass is 355 g/mol. The van der Waals surface area contributed by atoms with Gasteiger partial charge in [-0.3, -0.25) is 15.1 Å². The molecule has 1 aliphatic rings. The van der Waals surface area contributed by atoms with Crippen molar-refractivity contribution >= 4 is 22.4 Å². The minimum atomic E-state index is -1.33. The molecule has 1 unspecified atom stereocenters. The lowest BCUT2D eigenvalue weighted by Gasteiger charge is -2.10. The van der Waals surface area contributed by atoms with Crippen molar-refractivity contribution in [3.05, 3.63) is 53.7 Å². The number of aromatic nitrogens is 2. The molecule has 1 amide bonds. The Hall–Kier alpha value is -2.97. The van der Waals surface area contributed by atoms with Crippen molar-refractivity contribution in [1.29, 1.82) is 0 Å². The number of carbonyl (C=O) groups is 1. The molecule has 7 nitrogen and oxygen atoms in total. The number of aliphatic hydroxyl groups is 1. The van der Waals surface area contributed by atoms with Crippen LogP contribution in [0.3, 0.4) is 0 Å². The van der Waals surface area contributed by atoms with E-state index in [4.69, 9.17) is 9.47 Å². The first-order valence-electron chi connectivity index (χ1n) is 7.45. The summed E-state index contributed by atoms with van der Waals surface area (Å²) in [4.78, 5) is 20.6. The molecule has 1 atom stereocenters. The second-order valence-electron chi connectivity index (χ2n) is 5.28. The Morgan fingerprint density at radius 3 is 2.84 bits per heavy atom. The van der Waals surface area contributed by atoms with Crippen molar-refractivity contribution in [3.63, 3.8) is 0 Å². The van der Waals surface area contributed by atoms with Gasteiger partial charge in [0.05, 0.1) is 5.69 Å². The Kier molecular flexibility index (Phi) is 4.04. The van der Waals surface area contributed by atoms with Crippen molar-refractivity contribution < 1.29 is 19.4 Å². The van der Waals surface area contributed by atoms with Crippen LogP contribution in [0, 0.1) is 0 Å². The number of hydrogen-bond donors (Lipinski definition) is 2. The SMILES string of the molecule is O=C(Nc1nc(-c2ccncc2)cs1)C(O)c1ccc2c(c1)OCO2. The molecule has 2 aromatic heterocycles. The Balaban J connectivity index is 1.47. The Bertz CT molecular complexity index is 913. The molecule has 0 fully saturated rings. The van der Waals surface area contributed by atoms with E-state index in [2.05, 4.69) is 15.3 Å². The summed E-state index contributed by atoms with van der Waals surface area (Å²) in [5.41, 5.74) is 2.07. The van der Waals surface area contributed by atoms with Gasteiger partial charge in [0.1, 0.15) is 0 Å². The molecule has 0 aliphatic carbocycles. The fourth-order valence-electron chi connectivity index (χ4n) is 2.39. The summed E-state index contributed by atoms with van der Waals surface area (Å²) in [7, 11) is 0. The van der Waals surface area contributed by atoms with Crippen molar-refractivity contribution in [3.8, 4) is 22.8 Å². The van der Waals surface area contributed by atoms with Crippen LogP contribution in [0.4, 0.5) is 5.13 Å². The number of nitrogens with zero attached hydrogens (tertiary/aromatic N) is 2. The molecule has 0 bridgehead atoms. The van der Waals surface area contributed by atoms with E-state index in [1.165, 1.54) is 11.3 Å². The fraction of sp³-hybridized carbons (Fsp3) is 0.118. The molecule has 126 valence electrons. The Morgan fingerprint density at radius 1 is 1.20 bits per heavy atom. The summed E-state index contributed by atoms with van der Waals surface area (Å²) in [6, 6.07) is 8.56. The second kappa shape index (κ2) is 6.50. The molecular formula is C17H13N3O4S. The highest BCUT2D eigenvalue weighted by molar-refractivity contribution is 7.14. The van der Waals surface area contributed by atoms with E-state index in [9.17, 15) is 9.90 Å². The molecule has 4 rings (SSSR count). The molecule has 0 saturated heterocycles. The van der Waals surface area contributed by atoms with Crippen LogP contribution in [0.15, 0.2) is 48.1 Å². The maximum absolute atomic E-state index is 12.3. The number of anilines is 1. The number of hydrogen-bond acceptors (Lipinski definition) is 7. The normalized spacial score (nSPS) is 13.5. The molecule has 0 radical (unpaired) electrons. The summed E-state index contributed by atoms with van der Waals surface area (Å²) < 4.78 is 10.5. The quantitative estimate of drug-likeness (QED) is 0.747. The van der Waals surface area contributed by atoms with Crippen LogP contribution in [-0.4, -0.2) is 27.8 Å². The number of amides is 1. The van der Waals surface area contributed by atoms with Gasteiger partial charge in [-0.15, -0.1) is 11.3 Å². The van der Waals surface area contributed by atoms with Crippen LogP contribution in [0.5, 0.6) is 11.5 Å². The Morgan fingerprint density at radius 2 is 2.00 bits per heavy atom. The third-order valence-corrected chi connectivity index (χ3v) is 4.43. The number of aliphatic hydroxyl groups excluding tert-OH is 1. The predicted molar refractivity (Wildman–Crippen MR) is 91.5 cm³/mol. The van der Waals surface area contributed by atoms with E-state index in [-0.39, 0.29) is 6.79 Å². The lowest BCUT2D eigenvalue weighted by Crippen LogP contribution is -2.20. The maximum Gasteiger partial charge on any atom is 0.259 e. The highest BCUT2D eigenvalue weighted by Gasteiger charge is 2.22. The van der Waals surface area contributed by atoms with Crippen LogP contribution in [0.25, 0.3) is 11.3 Å². The lowest BCUT2D eigenvalue weighted by atomic mass is 10.1. The summed E-state index contributed by atoms with van der Waals surface area (Å²) >= 11 is 1.29. The molecule has 2 N–H and O–H groups in total. The number of fused-ring (bicyclic) bond motifs is 1. The molecule has 3 aromatic rings. The summed E-state index contributed by atoms with van der Waals surface area (Å²) in [6.07, 6.45) is 2.02. The number of pyridine rings is 1. The second-order valence-corrected chi connectivity index (χ2v) is 6.14. The predicted octanol–water partition coefficient (Wildman–Crippen LogP) is 2.61. The number of ether oxygens (including phenoxy) is 2. The average molecular weight is 355 g/mol. The zero-order valence-electron chi connectivity index (χ0n) is 12.9. The van der Waals surface area contributed by atoms with Gasteiger partial charge in [-0.05, 0) is 29.8 Å². The van der Waals surface area contributed by atoms with E-state index in [0.717, 1.165) is 11.3 Å². The van der Waals surface area contributed by atoms with Gasteiger partial charge < -0.3 is 14.6 Å². The van der Waals surface area contributed by atoms with Gasteiger partial charge in [-0.2, -0.15) is 0 Å². The summed E-state index contributed by atoms with van der Waals surface area (Å²) in [6.45, 7) is 0.137. The van der Waals surface area contributed by atoms with E-state index in [1.54, 1.807) is 30.6 Å². The largest absolute Gasteiger partial charge is 0.454 e. The molecule has 8 heteroatoms. The molecule has 0 saturated carbocycles. The summed E-state index contributed by atoms with van der Waals surface area (Å²) in [5, 5.41) is 15.1. The number of nitrogens with one attached hydrogen (secondary N) is 1. The van der Waals surface area contributed by atoms with Gasteiger partial charge in [0.2, 0.25) is 6.79 Å². The molecular weight excluding hydrogens is 342 g/mol. The zero-order chi connectivity index (χ0) is 17.2. The first-order valence-corrected chi connectivity index (χ1v) is 8.33. The van der Waals surface area contributed by atoms with E-state index in [1.807, 2.05) is 17.5 Å². The molecule has 1 aliphatic heterocycles. The minimum absolute atomic E-state index is 0.137.